The molecule has 136 valence electrons. The Bertz CT molecular complexity index is 1130. The summed E-state index contributed by atoms with van der Waals surface area (Å²) in [5.41, 5.74) is 2.33. The maximum atomic E-state index is 5.71. The third kappa shape index (κ3) is 2.98. The molecule has 0 unspecified atom stereocenters. The van der Waals surface area contributed by atoms with Crippen LogP contribution in [0, 0.1) is 3.57 Å². The maximum Gasteiger partial charge on any atom is 0.127 e. The molecule has 0 bridgehead atoms. The summed E-state index contributed by atoms with van der Waals surface area (Å²) in [5, 5.41) is 4.59. The van der Waals surface area contributed by atoms with E-state index in [0.717, 1.165) is 39.0 Å². The normalized spacial score (nSPS) is 11.0. The molecule has 0 atom stereocenters. The summed E-state index contributed by atoms with van der Waals surface area (Å²) in [5.74, 6) is 2.56. The molecule has 0 radical (unpaired) electrons. The minimum Gasteiger partial charge on any atom is -0.497 e. The van der Waals surface area contributed by atoms with E-state index in [0.29, 0.717) is 0 Å². The van der Waals surface area contributed by atoms with Crippen LogP contribution < -0.4 is 14.2 Å². The van der Waals surface area contributed by atoms with Crippen LogP contribution in [0.4, 0.5) is 0 Å². The van der Waals surface area contributed by atoms with Crippen LogP contribution in [0.3, 0.4) is 0 Å². The number of rotatable bonds is 4. The van der Waals surface area contributed by atoms with Crippen molar-refractivity contribution in [2.24, 2.45) is 0 Å². The molecule has 0 amide bonds. The van der Waals surface area contributed by atoms with Gasteiger partial charge in [0.05, 0.1) is 21.3 Å². The Morgan fingerprint density at radius 3 is 2.04 bits per heavy atom. The lowest BCUT2D eigenvalue weighted by molar-refractivity contribution is 0.415. The van der Waals surface area contributed by atoms with E-state index in [4.69, 9.17) is 14.2 Å². The molecular weight excluding hydrogens is 451 g/mol. The van der Waals surface area contributed by atoms with Crippen molar-refractivity contribution in [1.82, 2.24) is 0 Å². The second-order valence-corrected chi connectivity index (χ2v) is 7.29. The first-order chi connectivity index (χ1) is 13.2. The summed E-state index contributed by atoms with van der Waals surface area (Å²) in [6.07, 6.45) is 0. The first-order valence-electron chi connectivity index (χ1n) is 8.58. The highest BCUT2D eigenvalue weighted by Gasteiger charge is 2.17. The summed E-state index contributed by atoms with van der Waals surface area (Å²) >= 11 is 2.44. The molecule has 4 rings (SSSR count). The Hall–Kier alpha value is -2.47. The molecule has 4 aromatic rings. The van der Waals surface area contributed by atoms with Crippen molar-refractivity contribution in [3.63, 3.8) is 0 Å². The molecule has 0 N–H and O–H groups in total. The highest BCUT2D eigenvalue weighted by Crippen LogP contribution is 2.44. The Morgan fingerprint density at radius 2 is 1.37 bits per heavy atom. The van der Waals surface area contributed by atoms with Crippen molar-refractivity contribution in [3.8, 4) is 28.4 Å². The number of halogens is 1. The third-order valence-corrected chi connectivity index (χ3v) is 5.97. The lowest BCUT2D eigenvalue weighted by Gasteiger charge is -2.17. The lowest BCUT2D eigenvalue weighted by Crippen LogP contribution is -1.94. The number of hydrogen-bond acceptors (Lipinski definition) is 3. The van der Waals surface area contributed by atoms with Gasteiger partial charge in [-0.25, -0.2) is 0 Å². The molecule has 0 aliphatic rings. The molecule has 0 aliphatic carbocycles. The van der Waals surface area contributed by atoms with Gasteiger partial charge in [-0.05, 0) is 75.3 Å². The molecular formula is C23H19IO3. The molecule has 0 saturated carbocycles. The summed E-state index contributed by atoms with van der Waals surface area (Å²) < 4.78 is 17.7. The summed E-state index contributed by atoms with van der Waals surface area (Å²) in [6.45, 7) is 0. The van der Waals surface area contributed by atoms with Crippen LogP contribution in [0.5, 0.6) is 17.2 Å². The van der Waals surface area contributed by atoms with Crippen molar-refractivity contribution in [2.75, 3.05) is 21.3 Å². The molecule has 0 fully saturated rings. The molecule has 4 aromatic carbocycles. The Labute approximate surface area is 172 Å². The molecule has 0 saturated heterocycles. The van der Waals surface area contributed by atoms with Gasteiger partial charge in [0, 0.05) is 19.9 Å². The van der Waals surface area contributed by atoms with Crippen molar-refractivity contribution in [2.45, 2.75) is 0 Å². The van der Waals surface area contributed by atoms with Gasteiger partial charge in [0.2, 0.25) is 0 Å². The lowest BCUT2D eigenvalue weighted by atomic mass is 9.92. The molecule has 27 heavy (non-hydrogen) atoms. The number of benzene rings is 4. The summed E-state index contributed by atoms with van der Waals surface area (Å²) in [4.78, 5) is 0. The fraction of sp³-hybridized carbons (Fsp3) is 0.130. The van der Waals surface area contributed by atoms with Gasteiger partial charge in [-0.15, -0.1) is 0 Å². The maximum absolute atomic E-state index is 5.71. The second kappa shape index (κ2) is 7.27. The van der Waals surface area contributed by atoms with Crippen LogP contribution in [0.2, 0.25) is 0 Å². The van der Waals surface area contributed by atoms with E-state index in [9.17, 15) is 0 Å². The minimum atomic E-state index is 0.843. The van der Waals surface area contributed by atoms with Gasteiger partial charge in [-0.3, -0.25) is 0 Å². The topological polar surface area (TPSA) is 27.7 Å². The zero-order valence-corrected chi connectivity index (χ0v) is 17.5. The van der Waals surface area contributed by atoms with Crippen LogP contribution >= 0.6 is 22.6 Å². The van der Waals surface area contributed by atoms with E-state index in [-0.39, 0.29) is 0 Å². The fourth-order valence-corrected chi connectivity index (χ4v) is 4.58. The van der Waals surface area contributed by atoms with E-state index in [2.05, 4.69) is 52.9 Å². The smallest absolute Gasteiger partial charge is 0.127 e. The standard InChI is InChI=1S/C23H19IO3/c1-25-15-9-7-14(8-10-15)21-18-5-4-6-20(27-3)22(18)17-12-11-16(26-2)13-19(17)23(21)24/h4-13H,1-3H3. The summed E-state index contributed by atoms with van der Waals surface area (Å²) in [7, 11) is 5.09. The number of methoxy groups -OCH3 is 3. The van der Waals surface area contributed by atoms with Crippen LogP contribution in [0.1, 0.15) is 0 Å². The monoisotopic (exact) mass is 470 g/mol. The number of fused-ring (bicyclic) bond motifs is 3. The molecule has 3 nitrogen and oxygen atoms in total. The van der Waals surface area contributed by atoms with Gasteiger partial charge < -0.3 is 14.2 Å². The van der Waals surface area contributed by atoms with E-state index < -0.39 is 0 Å². The minimum absolute atomic E-state index is 0.843. The Kier molecular flexibility index (Phi) is 4.83. The van der Waals surface area contributed by atoms with Gasteiger partial charge in [-0.1, -0.05) is 24.3 Å². The SMILES string of the molecule is COc1ccc(-c2c(I)c3cc(OC)ccc3c3c(OC)cccc23)cc1. The van der Waals surface area contributed by atoms with Crippen molar-refractivity contribution < 1.29 is 14.2 Å². The Morgan fingerprint density at radius 1 is 0.667 bits per heavy atom. The van der Waals surface area contributed by atoms with Gasteiger partial charge in [0.1, 0.15) is 17.2 Å². The Balaban J connectivity index is 2.16. The first kappa shape index (κ1) is 17.9. The van der Waals surface area contributed by atoms with Crippen molar-refractivity contribution >= 4 is 44.1 Å². The predicted octanol–water partition coefficient (Wildman–Crippen LogP) is 6.29. The van der Waals surface area contributed by atoms with E-state index in [1.807, 2.05) is 30.3 Å². The zero-order chi connectivity index (χ0) is 19.0. The van der Waals surface area contributed by atoms with Crippen molar-refractivity contribution in [3.05, 3.63) is 64.2 Å². The quantitative estimate of drug-likeness (QED) is 0.259. The van der Waals surface area contributed by atoms with E-state index in [1.165, 1.54) is 14.5 Å². The molecule has 0 aliphatic heterocycles. The highest BCUT2D eigenvalue weighted by atomic mass is 127. The van der Waals surface area contributed by atoms with Crippen molar-refractivity contribution in [1.29, 1.82) is 0 Å². The van der Waals surface area contributed by atoms with E-state index in [1.54, 1.807) is 21.3 Å². The molecule has 0 aromatic heterocycles. The largest absolute Gasteiger partial charge is 0.497 e. The molecule has 0 heterocycles. The number of ether oxygens (including phenoxy) is 3. The zero-order valence-electron chi connectivity index (χ0n) is 15.4. The van der Waals surface area contributed by atoms with Gasteiger partial charge in [0.15, 0.2) is 0 Å². The van der Waals surface area contributed by atoms with E-state index >= 15 is 0 Å². The summed E-state index contributed by atoms with van der Waals surface area (Å²) in [6, 6.07) is 20.6. The second-order valence-electron chi connectivity index (χ2n) is 6.21. The van der Waals surface area contributed by atoms with Gasteiger partial charge >= 0.3 is 0 Å². The first-order valence-corrected chi connectivity index (χ1v) is 9.66. The predicted molar refractivity (Wildman–Crippen MR) is 119 cm³/mol. The van der Waals surface area contributed by atoms with Gasteiger partial charge in [0.25, 0.3) is 0 Å². The van der Waals surface area contributed by atoms with Crippen LogP contribution in [0.15, 0.2) is 60.7 Å². The highest BCUT2D eigenvalue weighted by molar-refractivity contribution is 14.1. The number of hydrogen-bond donors (Lipinski definition) is 0. The molecule has 0 spiro atoms. The van der Waals surface area contributed by atoms with Crippen LogP contribution in [0.25, 0.3) is 32.7 Å². The average Bonchev–Trinajstić information content (AvgIpc) is 2.73. The van der Waals surface area contributed by atoms with Crippen LogP contribution in [-0.2, 0) is 0 Å². The van der Waals surface area contributed by atoms with Crippen LogP contribution in [-0.4, -0.2) is 21.3 Å². The fourth-order valence-electron chi connectivity index (χ4n) is 3.53. The third-order valence-electron chi connectivity index (χ3n) is 4.85. The average molecular weight is 470 g/mol. The molecule has 4 heteroatoms. The van der Waals surface area contributed by atoms with Gasteiger partial charge in [-0.2, -0.15) is 0 Å².